The second kappa shape index (κ2) is 5.86. The molecule has 0 radical (unpaired) electrons. The monoisotopic (exact) mass is 187 g/mol. The second-order valence-electron chi connectivity index (χ2n) is 2.92. The van der Waals surface area contributed by atoms with Gasteiger partial charge in [0, 0.05) is 0 Å². The zero-order chi connectivity index (χ0) is 9.56. The Morgan fingerprint density at radius 3 is 2.58 bits per heavy atom. The van der Waals surface area contributed by atoms with E-state index in [1.807, 2.05) is 13.8 Å². The fraction of sp³-hybridized carbons (Fsp3) is 0.750. The Kier molecular flexibility index (Phi) is 5.51. The molecule has 0 saturated carbocycles. The van der Waals surface area contributed by atoms with Gasteiger partial charge in [0.15, 0.2) is 6.04 Å². The average molecular weight is 187 g/mol. The van der Waals surface area contributed by atoms with E-state index in [1.54, 1.807) is 6.92 Å². The molecule has 0 heterocycles. The van der Waals surface area contributed by atoms with Crippen molar-refractivity contribution in [2.24, 2.45) is 10.9 Å². The van der Waals surface area contributed by atoms with Crippen molar-refractivity contribution in [1.82, 2.24) is 0 Å². The third-order valence-corrected chi connectivity index (χ3v) is 1.25. The lowest BCUT2D eigenvalue weighted by Crippen LogP contribution is -2.20. The van der Waals surface area contributed by atoms with Crippen LogP contribution in [-0.4, -0.2) is 23.8 Å². The van der Waals surface area contributed by atoms with Crippen molar-refractivity contribution >= 4 is 23.3 Å². The summed E-state index contributed by atoms with van der Waals surface area (Å²) in [5, 5.41) is 2.14. The Labute approximate surface area is 77.8 Å². The molecule has 0 N–H and O–H groups in total. The van der Waals surface area contributed by atoms with E-state index in [-0.39, 0.29) is 5.97 Å². The van der Waals surface area contributed by atoms with Crippen LogP contribution in [0.25, 0.3) is 0 Å². The van der Waals surface area contributed by atoms with Gasteiger partial charge in [-0.15, -0.1) is 0 Å². The molecule has 1 atom stereocenters. The van der Waals surface area contributed by atoms with Crippen LogP contribution < -0.4 is 0 Å². The first-order chi connectivity index (χ1) is 5.57. The topological polar surface area (TPSA) is 38.7 Å². The highest BCUT2D eigenvalue weighted by Gasteiger charge is 2.12. The Bertz CT molecular complexity index is 197. The molecule has 12 heavy (non-hydrogen) atoms. The summed E-state index contributed by atoms with van der Waals surface area (Å²) in [6.07, 6.45) is 0. The van der Waals surface area contributed by atoms with Crippen molar-refractivity contribution < 1.29 is 9.53 Å². The van der Waals surface area contributed by atoms with Gasteiger partial charge in [-0.2, -0.15) is 0 Å². The summed E-state index contributed by atoms with van der Waals surface area (Å²) in [7, 11) is 0. The van der Waals surface area contributed by atoms with Gasteiger partial charge in [-0.25, -0.2) is 9.79 Å². The fourth-order valence-electron chi connectivity index (χ4n) is 0.501. The minimum absolute atomic E-state index is 0.345. The number of esters is 1. The normalized spacial score (nSPS) is 12.0. The number of rotatable bonds is 4. The maximum absolute atomic E-state index is 11.0. The van der Waals surface area contributed by atoms with Crippen LogP contribution >= 0.6 is 12.2 Å². The number of isothiocyanates is 1. The van der Waals surface area contributed by atoms with E-state index < -0.39 is 6.04 Å². The highest BCUT2D eigenvalue weighted by atomic mass is 32.1. The number of ether oxygens (including phenoxy) is 1. The molecule has 0 saturated heterocycles. The fourth-order valence-corrected chi connectivity index (χ4v) is 0.659. The zero-order valence-electron chi connectivity index (χ0n) is 7.53. The molecule has 0 aliphatic carbocycles. The van der Waals surface area contributed by atoms with Crippen molar-refractivity contribution in [3.05, 3.63) is 0 Å². The molecular formula is C8H13NO2S. The molecule has 0 aromatic heterocycles. The van der Waals surface area contributed by atoms with Gasteiger partial charge in [0.1, 0.15) is 0 Å². The lowest BCUT2D eigenvalue weighted by Gasteiger charge is -2.08. The Morgan fingerprint density at radius 1 is 1.58 bits per heavy atom. The van der Waals surface area contributed by atoms with Crippen molar-refractivity contribution in [2.45, 2.75) is 26.8 Å². The minimum Gasteiger partial charge on any atom is -0.464 e. The highest BCUT2D eigenvalue weighted by molar-refractivity contribution is 7.78. The molecule has 0 unspecified atom stereocenters. The summed E-state index contributed by atoms with van der Waals surface area (Å²) in [4.78, 5) is 14.6. The quantitative estimate of drug-likeness (QED) is 0.382. The first-order valence-electron chi connectivity index (χ1n) is 3.81. The van der Waals surface area contributed by atoms with Gasteiger partial charge in [0.25, 0.3) is 0 Å². The lowest BCUT2D eigenvalue weighted by molar-refractivity contribution is -0.145. The molecule has 0 fully saturated rings. The van der Waals surface area contributed by atoms with Crippen molar-refractivity contribution in [3.8, 4) is 0 Å². The van der Waals surface area contributed by atoms with Crippen LogP contribution in [0.1, 0.15) is 20.8 Å². The average Bonchev–Trinajstić information content (AvgIpc) is 2.00. The zero-order valence-corrected chi connectivity index (χ0v) is 8.35. The molecule has 0 bridgehead atoms. The first-order valence-corrected chi connectivity index (χ1v) is 4.22. The van der Waals surface area contributed by atoms with Gasteiger partial charge < -0.3 is 4.74 Å². The van der Waals surface area contributed by atoms with E-state index in [0.717, 1.165) is 0 Å². The van der Waals surface area contributed by atoms with E-state index in [9.17, 15) is 4.79 Å². The van der Waals surface area contributed by atoms with Crippen molar-refractivity contribution in [2.75, 3.05) is 6.61 Å². The molecule has 0 aliphatic heterocycles. The van der Waals surface area contributed by atoms with E-state index in [4.69, 9.17) is 4.74 Å². The summed E-state index contributed by atoms with van der Waals surface area (Å²) in [6, 6.07) is -0.527. The number of thiocarbonyl (C=S) groups is 1. The van der Waals surface area contributed by atoms with Crippen LogP contribution in [0.5, 0.6) is 0 Å². The van der Waals surface area contributed by atoms with Crippen molar-refractivity contribution in [3.63, 3.8) is 0 Å². The molecule has 0 aromatic rings. The molecule has 0 rings (SSSR count). The van der Waals surface area contributed by atoms with Crippen LogP contribution in [-0.2, 0) is 9.53 Å². The molecule has 0 spiro atoms. The molecule has 4 heteroatoms. The predicted octanol–water partition coefficient (Wildman–Crippen LogP) is 1.68. The van der Waals surface area contributed by atoms with Gasteiger partial charge >= 0.3 is 5.97 Å². The van der Waals surface area contributed by atoms with Crippen LogP contribution in [0, 0.1) is 5.92 Å². The number of aliphatic imine (C=N–C) groups is 1. The third kappa shape index (κ3) is 4.99. The maximum atomic E-state index is 11.0. The lowest BCUT2D eigenvalue weighted by atomic mass is 10.2. The van der Waals surface area contributed by atoms with E-state index in [0.29, 0.717) is 12.5 Å². The molecule has 0 amide bonds. The van der Waals surface area contributed by atoms with Gasteiger partial charge in [0.2, 0.25) is 0 Å². The summed E-state index contributed by atoms with van der Waals surface area (Å²) in [6.45, 7) is 6.00. The van der Waals surface area contributed by atoms with Crippen LogP contribution in [0.3, 0.4) is 0 Å². The van der Waals surface area contributed by atoms with Gasteiger partial charge in [-0.1, -0.05) is 13.8 Å². The second-order valence-corrected chi connectivity index (χ2v) is 3.10. The molecular weight excluding hydrogens is 174 g/mol. The van der Waals surface area contributed by atoms with Gasteiger partial charge in [-0.05, 0) is 25.1 Å². The highest BCUT2D eigenvalue weighted by Crippen LogP contribution is 1.97. The molecule has 3 nitrogen and oxygen atoms in total. The van der Waals surface area contributed by atoms with E-state index >= 15 is 0 Å². The third-order valence-electron chi connectivity index (χ3n) is 1.15. The summed E-state index contributed by atoms with van der Waals surface area (Å²) >= 11 is 4.36. The molecule has 0 aromatic carbocycles. The number of carbonyl (C=O) groups is 1. The van der Waals surface area contributed by atoms with E-state index in [2.05, 4.69) is 22.4 Å². The Balaban J connectivity index is 3.79. The number of hydrogen-bond donors (Lipinski definition) is 0. The van der Waals surface area contributed by atoms with Gasteiger partial charge in [0.05, 0.1) is 11.8 Å². The SMILES string of the molecule is CC(C)COC(=O)[C@H](C)N=C=S. The van der Waals surface area contributed by atoms with Crippen molar-refractivity contribution in [1.29, 1.82) is 0 Å². The number of hydrogen-bond acceptors (Lipinski definition) is 4. The largest absolute Gasteiger partial charge is 0.464 e. The first kappa shape index (κ1) is 11.3. The summed E-state index contributed by atoms with van der Waals surface area (Å²) in [5.74, 6) is -0.00124. The number of nitrogens with zero attached hydrogens (tertiary/aromatic N) is 1. The Morgan fingerprint density at radius 2 is 2.17 bits per heavy atom. The predicted molar refractivity (Wildman–Crippen MR) is 50.3 cm³/mol. The van der Waals surface area contributed by atoms with Crippen LogP contribution in [0.15, 0.2) is 4.99 Å². The molecule has 0 aliphatic rings. The molecule has 68 valence electrons. The minimum atomic E-state index is -0.527. The smallest absolute Gasteiger partial charge is 0.331 e. The van der Waals surface area contributed by atoms with Crippen LogP contribution in [0.2, 0.25) is 0 Å². The van der Waals surface area contributed by atoms with Gasteiger partial charge in [-0.3, -0.25) is 0 Å². The summed E-state index contributed by atoms with van der Waals surface area (Å²) in [5.41, 5.74) is 0. The number of carbonyl (C=O) groups excluding carboxylic acids is 1. The maximum Gasteiger partial charge on any atom is 0.331 e. The summed E-state index contributed by atoms with van der Waals surface area (Å²) < 4.78 is 4.90. The van der Waals surface area contributed by atoms with Crippen LogP contribution in [0.4, 0.5) is 0 Å². The standard InChI is InChI=1S/C8H13NO2S/c1-6(2)4-11-8(10)7(3)9-5-12/h6-7H,4H2,1-3H3/t7-/m0/s1. The van der Waals surface area contributed by atoms with E-state index in [1.165, 1.54) is 0 Å². The Hall–Kier alpha value is -0.730.